The van der Waals surface area contributed by atoms with Crippen molar-refractivity contribution in [1.29, 1.82) is 0 Å². The SMILES string of the molecule is O=[N+]([O-])c1ccc(S(=O)(=O)NCCC2CCNC2)cn1. The molecule has 1 atom stereocenters. The van der Waals surface area contributed by atoms with Crippen molar-refractivity contribution in [3.63, 3.8) is 0 Å². The van der Waals surface area contributed by atoms with E-state index in [9.17, 15) is 18.5 Å². The number of aromatic nitrogens is 1. The zero-order valence-electron chi connectivity index (χ0n) is 10.8. The Morgan fingerprint density at radius 3 is 2.85 bits per heavy atom. The number of pyridine rings is 1. The molecule has 2 heterocycles. The van der Waals surface area contributed by atoms with Crippen molar-refractivity contribution in [2.45, 2.75) is 17.7 Å². The first-order valence-corrected chi connectivity index (χ1v) is 7.78. The molecule has 110 valence electrons. The Morgan fingerprint density at radius 2 is 2.30 bits per heavy atom. The average molecular weight is 300 g/mol. The van der Waals surface area contributed by atoms with E-state index in [0.717, 1.165) is 38.2 Å². The van der Waals surface area contributed by atoms with E-state index in [2.05, 4.69) is 15.0 Å². The van der Waals surface area contributed by atoms with Crippen LogP contribution in [0, 0.1) is 16.0 Å². The van der Waals surface area contributed by atoms with E-state index in [1.54, 1.807) is 0 Å². The van der Waals surface area contributed by atoms with Crippen LogP contribution in [-0.4, -0.2) is 38.0 Å². The summed E-state index contributed by atoms with van der Waals surface area (Å²) in [6.07, 6.45) is 2.82. The molecule has 0 bridgehead atoms. The van der Waals surface area contributed by atoms with E-state index in [-0.39, 0.29) is 10.7 Å². The fourth-order valence-electron chi connectivity index (χ4n) is 2.08. The Bertz CT molecular complexity index is 567. The molecular formula is C11H16N4O4S. The summed E-state index contributed by atoms with van der Waals surface area (Å²) >= 11 is 0. The van der Waals surface area contributed by atoms with Gasteiger partial charge in [-0.15, -0.1) is 0 Å². The normalized spacial score (nSPS) is 19.1. The predicted molar refractivity (Wildman–Crippen MR) is 71.7 cm³/mol. The van der Waals surface area contributed by atoms with Gasteiger partial charge in [-0.3, -0.25) is 0 Å². The molecule has 0 amide bonds. The van der Waals surface area contributed by atoms with Crippen LogP contribution in [0.1, 0.15) is 12.8 Å². The van der Waals surface area contributed by atoms with Gasteiger partial charge in [0.2, 0.25) is 10.0 Å². The number of sulfonamides is 1. The van der Waals surface area contributed by atoms with Crippen LogP contribution in [0.25, 0.3) is 0 Å². The molecule has 1 fully saturated rings. The molecule has 2 N–H and O–H groups in total. The first-order valence-electron chi connectivity index (χ1n) is 6.30. The molecule has 0 radical (unpaired) electrons. The molecule has 1 unspecified atom stereocenters. The highest BCUT2D eigenvalue weighted by atomic mass is 32.2. The summed E-state index contributed by atoms with van der Waals surface area (Å²) in [5.74, 6) is 0.119. The van der Waals surface area contributed by atoms with Crippen LogP contribution < -0.4 is 10.0 Å². The molecule has 20 heavy (non-hydrogen) atoms. The lowest BCUT2D eigenvalue weighted by atomic mass is 10.1. The van der Waals surface area contributed by atoms with E-state index < -0.39 is 14.9 Å². The van der Waals surface area contributed by atoms with Crippen LogP contribution in [0.4, 0.5) is 5.82 Å². The van der Waals surface area contributed by atoms with Gasteiger partial charge in [0.05, 0.1) is 0 Å². The number of nitrogens with zero attached hydrogens (tertiary/aromatic N) is 2. The van der Waals surface area contributed by atoms with Gasteiger partial charge in [0.15, 0.2) is 6.20 Å². The standard InChI is InChI=1S/C11H16N4O4S/c16-15(17)11-2-1-10(8-13-11)20(18,19)14-6-4-9-3-5-12-7-9/h1-2,8-9,12,14H,3-7H2. The molecule has 1 aromatic heterocycles. The summed E-state index contributed by atoms with van der Waals surface area (Å²) in [6.45, 7) is 2.25. The maximum absolute atomic E-state index is 12.0. The maximum Gasteiger partial charge on any atom is 0.363 e. The molecule has 0 spiro atoms. The summed E-state index contributed by atoms with van der Waals surface area (Å²) in [5, 5.41) is 13.7. The zero-order chi connectivity index (χ0) is 14.6. The molecule has 0 aromatic carbocycles. The molecule has 9 heteroatoms. The minimum atomic E-state index is -3.65. The summed E-state index contributed by atoms with van der Waals surface area (Å²) in [6, 6.07) is 2.26. The maximum atomic E-state index is 12.0. The second-order valence-electron chi connectivity index (χ2n) is 4.65. The van der Waals surface area contributed by atoms with Crippen molar-refractivity contribution in [1.82, 2.24) is 15.0 Å². The Labute approximate surface area is 116 Å². The third-order valence-electron chi connectivity index (χ3n) is 3.23. The third-order valence-corrected chi connectivity index (χ3v) is 4.67. The van der Waals surface area contributed by atoms with Gasteiger partial charge in [0, 0.05) is 12.6 Å². The highest BCUT2D eigenvalue weighted by Crippen LogP contribution is 2.14. The second kappa shape index (κ2) is 6.25. The van der Waals surface area contributed by atoms with Gasteiger partial charge in [-0.25, -0.2) is 13.1 Å². The average Bonchev–Trinajstić information content (AvgIpc) is 2.92. The van der Waals surface area contributed by atoms with E-state index in [1.165, 1.54) is 6.07 Å². The molecular weight excluding hydrogens is 284 g/mol. The van der Waals surface area contributed by atoms with Crippen LogP contribution in [0.5, 0.6) is 0 Å². The van der Waals surface area contributed by atoms with Crippen molar-refractivity contribution in [3.05, 3.63) is 28.4 Å². The number of hydrogen-bond donors (Lipinski definition) is 2. The first kappa shape index (κ1) is 14.8. The van der Waals surface area contributed by atoms with Gasteiger partial charge >= 0.3 is 5.82 Å². The van der Waals surface area contributed by atoms with Crippen LogP contribution in [0.2, 0.25) is 0 Å². The fraction of sp³-hybridized carbons (Fsp3) is 0.545. The summed E-state index contributed by atoms with van der Waals surface area (Å²) in [5.41, 5.74) is 0. The van der Waals surface area contributed by atoms with Crippen LogP contribution in [0.15, 0.2) is 23.2 Å². The van der Waals surface area contributed by atoms with E-state index in [4.69, 9.17) is 0 Å². The monoisotopic (exact) mass is 300 g/mol. The lowest BCUT2D eigenvalue weighted by Crippen LogP contribution is -2.26. The molecule has 1 aliphatic heterocycles. The van der Waals surface area contributed by atoms with E-state index >= 15 is 0 Å². The lowest BCUT2D eigenvalue weighted by Gasteiger charge is -2.09. The Hall–Kier alpha value is -1.58. The second-order valence-corrected chi connectivity index (χ2v) is 6.42. The van der Waals surface area contributed by atoms with Crippen molar-refractivity contribution < 1.29 is 13.3 Å². The lowest BCUT2D eigenvalue weighted by molar-refractivity contribution is -0.389. The quantitative estimate of drug-likeness (QED) is 0.575. The molecule has 1 aliphatic rings. The Kier molecular flexibility index (Phi) is 4.63. The number of hydrogen-bond acceptors (Lipinski definition) is 6. The smallest absolute Gasteiger partial charge is 0.358 e. The molecule has 8 nitrogen and oxygen atoms in total. The number of nitro groups is 1. The summed E-state index contributed by atoms with van der Waals surface area (Å²) < 4.78 is 26.4. The Morgan fingerprint density at radius 1 is 1.50 bits per heavy atom. The van der Waals surface area contributed by atoms with Crippen molar-refractivity contribution in [2.75, 3.05) is 19.6 Å². The number of nitrogens with one attached hydrogen (secondary N) is 2. The van der Waals surface area contributed by atoms with E-state index in [1.807, 2.05) is 0 Å². The van der Waals surface area contributed by atoms with Gasteiger partial charge in [0.25, 0.3) is 0 Å². The number of rotatable bonds is 6. The minimum absolute atomic E-state index is 0.0624. The Balaban J connectivity index is 1.93. The largest absolute Gasteiger partial charge is 0.363 e. The summed E-state index contributed by atoms with van der Waals surface area (Å²) in [7, 11) is -3.65. The third kappa shape index (κ3) is 3.71. The highest BCUT2D eigenvalue weighted by molar-refractivity contribution is 7.89. The summed E-state index contributed by atoms with van der Waals surface area (Å²) in [4.78, 5) is 13.2. The van der Waals surface area contributed by atoms with Crippen molar-refractivity contribution in [3.8, 4) is 0 Å². The molecule has 2 rings (SSSR count). The van der Waals surface area contributed by atoms with Gasteiger partial charge in [-0.2, -0.15) is 0 Å². The van der Waals surface area contributed by atoms with Crippen LogP contribution >= 0.6 is 0 Å². The molecule has 1 saturated heterocycles. The van der Waals surface area contributed by atoms with Crippen LogP contribution in [0.3, 0.4) is 0 Å². The van der Waals surface area contributed by atoms with Gasteiger partial charge in [-0.05, 0) is 47.8 Å². The molecule has 0 aliphatic carbocycles. The van der Waals surface area contributed by atoms with E-state index in [0.29, 0.717) is 12.5 Å². The minimum Gasteiger partial charge on any atom is -0.358 e. The van der Waals surface area contributed by atoms with Crippen LogP contribution in [-0.2, 0) is 10.0 Å². The first-order chi connectivity index (χ1) is 9.49. The zero-order valence-corrected chi connectivity index (χ0v) is 11.6. The fourth-order valence-corrected chi connectivity index (χ4v) is 3.07. The van der Waals surface area contributed by atoms with Gasteiger partial charge in [0.1, 0.15) is 4.90 Å². The van der Waals surface area contributed by atoms with Gasteiger partial charge in [-0.1, -0.05) is 0 Å². The molecule has 1 aromatic rings. The van der Waals surface area contributed by atoms with Crippen molar-refractivity contribution in [2.24, 2.45) is 5.92 Å². The van der Waals surface area contributed by atoms with Crippen molar-refractivity contribution >= 4 is 15.8 Å². The topological polar surface area (TPSA) is 114 Å². The highest BCUT2D eigenvalue weighted by Gasteiger charge is 2.19. The predicted octanol–water partition coefficient (Wildman–Crippen LogP) is 0.268. The van der Waals surface area contributed by atoms with Gasteiger partial charge < -0.3 is 15.4 Å². The molecule has 0 saturated carbocycles.